The third-order valence-electron chi connectivity index (χ3n) is 4.77. The fourth-order valence-electron chi connectivity index (χ4n) is 3.31. The van der Waals surface area contributed by atoms with E-state index in [0.29, 0.717) is 55.9 Å². The minimum Gasteiger partial charge on any atom is -0.490 e. The van der Waals surface area contributed by atoms with Crippen LogP contribution in [0.25, 0.3) is 0 Å². The van der Waals surface area contributed by atoms with Gasteiger partial charge in [0.1, 0.15) is 0 Å². The lowest BCUT2D eigenvalue weighted by molar-refractivity contribution is 0.296. The molecule has 2 aliphatic heterocycles. The Hall–Kier alpha value is -1.96. The van der Waals surface area contributed by atoms with E-state index in [9.17, 15) is 8.42 Å². The van der Waals surface area contributed by atoms with Gasteiger partial charge < -0.3 is 14.4 Å². The number of anilines is 1. The second-order valence-corrected chi connectivity index (χ2v) is 8.90. The number of sulfonamides is 1. The van der Waals surface area contributed by atoms with E-state index in [4.69, 9.17) is 21.1 Å². The Labute approximate surface area is 164 Å². The molecular formula is C19H21ClN2O4S. The maximum Gasteiger partial charge on any atom is 0.243 e. The fraction of sp³-hybridized carbons (Fsp3) is 0.368. The standard InChI is InChI=1S/C19H21ClN2O4S/c20-15-3-1-4-16(13-15)21-7-9-22(10-8-21)27(23,24)17-5-6-18-19(14-17)26-12-2-11-25-18/h1,3-6,13-14H,2,7-12H2. The van der Waals surface area contributed by atoms with Gasteiger partial charge in [-0.15, -0.1) is 0 Å². The van der Waals surface area contributed by atoms with Gasteiger partial charge >= 0.3 is 0 Å². The van der Waals surface area contributed by atoms with Crippen LogP contribution in [-0.4, -0.2) is 52.1 Å². The molecule has 1 saturated heterocycles. The molecule has 6 nitrogen and oxygen atoms in total. The first kappa shape index (κ1) is 18.4. The summed E-state index contributed by atoms with van der Waals surface area (Å²) < 4.78 is 38.8. The van der Waals surface area contributed by atoms with Gasteiger partial charge in [-0.2, -0.15) is 4.31 Å². The lowest BCUT2D eigenvalue weighted by Crippen LogP contribution is -2.48. The number of rotatable bonds is 3. The van der Waals surface area contributed by atoms with Gasteiger partial charge in [0, 0.05) is 49.4 Å². The molecule has 27 heavy (non-hydrogen) atoms. The summed E-state index contributed by atoms with van der Waals surface area (Å²) in [6.07, 6.45) is 0.780. The van der Waals surface area contributed by atoms with Gasteiger partial charge in [0.05, 0.1) is 18.1 Å². The SMILES string of the molecule is O=S(=O)(c1ccc2c(c1)OCCCO2)N1CCN(c2cccc(Cl)c2)CC1. The van der Waals surface area contributed by atoms with Crippen molar-refractivity contribution in [2.45, 2.75) is 11.3 Å². The third kappa shape index (κ3) is 3.85. The number of halogens is 1. The number of fused-ring (bicyclic) bond motifs is 1. The first-order chi connectivity index (χ1) is 13.0. The normalized spacial score (nSPS) is 18.2. The van der Waals surface area contributed by atoms with Crippen LogP contribution in [0.1, 0.15) is 6.42 Å². The van der Waals surface area contributed by atoms with Crippen LogP contribution < -0.4 is 14.4 Å². The number of nitrogens with zero attached hydrogens (tertiary/aromatic N) is 2. The molecule has 8 heteroatoms. The summed E-state index contributed by atoms with van der Waals surface area (Å²) in [5.74, 6) is 1.09. The summed E-state index contributed by atoms with van der Waals surface area (Å²) in [4.78, 5) is 2.38. The molecule has 0 spiro atoms. The van der Waals surface area contributed by atoms with Crippen molar-refractivity contribution in [2.75, 3.05) is 44.3 Å². The lowest BCUT2D eigenvalue weighted by atomic mass is 10.2. The van der Waals surface area contributed by atoms with Gasteiger partial charge in [-0.1, -0.05) is 17.7 Å². The van der Waals surface area contributed by atoms with E-state index in [0.717, 1.165) is 12.1 Å². The molecule has 0 saturated carbocycles. The Morgan fingerprint density at radius 2 is 1.63 bits per heavy atom. The topological polar surface area (TPSA) is 59.1 Å². The molecule has 0 aliphatic carbocycles. The molecule has 0 amide bonds. The summed E-state index contributed by atoms with van der Waals surface area (Å²) in [6, 6.07) is 12.4. The zero-order valence-corrected chi connectivity index (χ0v) is 16.4. The molecule has 0 radical (unpaired) electrons. The molecule has 2 aliphatic rings. The molecule has 0 atom stereocenters. The van der Waals surface area contributed by atoms with E-state index in [1.807, 2.05) is 24.3 Å². The number of benzene rings is 2. The molecule has 144 valence electrons. The van der Waals surface area contributed by atoms with Gasteiger partial charge in [-0.05, 0) is 30.3 Å². The maximum absolute atomic E-state index is 13.0. The van der Waals surface area contributed by atoms with Crippen LogP contribution in [0.2, 0.25) is 5.02 Å². The van der Waals surface area contributed by atoms with Crippen molar-refractivity contribution in [3.05, 3.63) is 47.5 Å². The molecule has 2 heterocycles. The van der Waals surface area contributed by atoms with E-state index < -0.39 is 10.0 Å². The van der Waals surface area contributed by atoms with E-state index in [1.165, 1.54) is 4.31 Å². The number of hydrogen-bond acceptors (Lipinski definition) is 5. The quantitative estimate of drug-likeness (QED) is 0.781. The maximum atomic E-state index is 13.0. The van der Waals surface area contributed by atoms with Crippen LogP contribution in [0.15, 0.2) is 47.4 Å². The largest absolute Gasteiger partial charge is 0.490 e. The molecular weight excluding hydrogens is 388 g/mol. The minimum atomic E-state index is -3.58. The summed E-state index contributed by atoms with van der Waals surface area (Å²) in [7, 11) is -3.58. The van der Waals surface area contributed by atoms with Crippen LogP contribution in [0, 0.1) is 0 Å². The van der Waals surface area contributed by atoms with Gasteiger partial charge in [-0.3, -0.25) is 0 Å². The van der Waals surface area contributed by atoms with Crippen molar-refractivity contribution in [1.82, 2.24) is 4.31 Å². The van der Waals surface area contributed by atoms with Gasteiger partial charge in [0.2, 0.25) is 10.0 Å². The monoisotopic (exact) mass is 408 g/mol. The molecule has 0 unspecified atom stereocenters. The van der Waals surface area contributed by atoms with Crippen LogP contribution in [0.4, 0.5) is 5.69 Å². The van der Waals surface area contributed by atoms with Gasteiger partial charge in [0.25, 0.3) is 0 Å². The highest BCUT2D eigenvalue weighted by atomic mass is 35.5. The molecule has 1 fully saturated rings. The molecule has 2 aromatic rings. The van der Waals surface area contributed by atoms with E-state index in [-0.39, 0.29) is 4.90 Å². The van der Waals surface area contributed by atoms with Gasteiger partial charge in [-0.25, -0.2) is 8.42 Å². The van der Waals surface area contributed by atoms with E-state index in [2.05, 4.69) is 4.90 Å². The van der Waals surface area contributed by atoms with Crippen LogP contribution >= 0.6 is 11.6 Å². The predicted octanol–water partition coefficient (Wildman–Crippen LogP) is 3.01. The molecule has 4 rings (SSSR count). The third-order valence-corrected chi connectivity index (χ3v) is 6.90. The Bertz CT molecular complexity index is 927. The summed E-state index contributed by atoms with van der Waals surface area (Å²) in [5.41, 5.74) is 1.01. The van der Waals surface area contributed by atoms with Crippen molar-refractivity contribution in [3.63, 3.8) is 0 Å². The Morgan fingerprint density at radius 1 is 0.889 bits per heavy atom. The summed E-state index contributed by atoms with van der Waals surface area (Å²) in [5, 5.41) is 0.676. The van der Waals surface area contributed by atoms with Crippen LogP contribution in [0.3, 0.4) is 0 Å². The van der Waals surface area contributed by atoms with Crippen molar-refractivity contribution in [1.29, 1.82) is 0 Å². The Morgan fingerprint density at radius 3 is 2.37 bits per heavy atom. The molecule has 0 bridgehead atoms. The lowest BCUT2D eigenvalue weighted by Gasteiger charge is -2.35. The molecule has 0 aromatic heterocycles. The highest BCUT2D eigenvalue weighted by molar-refractivity contribution is 7.89. The van der Waals surface area contributed by atoms with Crippen molar-refractivity contribution >= 4 is 27.3 Å². The van der Waals surface area contributed by atoms with E-state index in [1.54, 1.807) is 18.2 Å². The first-order valence-corrected chi connectivity index (χ1v) is 10.8. The van der Waals surface area contributed by atoms with Crippen molar-refractivity contribution in [3.8, 4) is 11.5 Å². The fourth-order valence-corrected chi connectivity index (χ4v) is 4.94. The van der Waals surface area contributed by atoms with Crippen molar-refractivity contribution in [2.24, 2.45) is 0 Å². The van der Waals surface area contributed by atoms with Crippen LogP contribution in [-0.2, 0) is 10.0 Å². The minimum absolute atomic E-state index is 0.239. The summed E-state index contributed by atoms with van der Waals surface area (Å²) >= 11 is 6.06. The smallest absolute Gasteiger partial charge is 0.243 e. The van der Waals surface area contributed by atoms with E-state index >= 15 is 0 Å². The number of ether oxygens (including phenoxy) is 2. The van der Waals surface area contributed by atoms with Crippen LogP contribution in [0.5, 0.6) is 11.5 Å². The number of hydrogen-bond donors (Lipinski definition) is 0. The predicted molar refractivity (Wildman–Crippen MR) is 104 cm³/mol. The summed E-state index contributed by atoms with van der Waals surface area (Å²) in [6.45, 7) is 3.17. The Balaban J connectivity index is 1.50. The first-order valence-electron chi connectivity index (χ1n) is 8.94. The average Bonchev–Trinajstić information content (AvgIpc) is 2.93. The highest BCUT2D eigenvalue weighted by Gasteiger charge is 2.29. The van der Waals surface area contributed by atoms with Gasteiger partial charge in [0.15, 0.2) is 11.5 Å². The zero-order chi connectivity index (χ0) is 18.9. The second-order valence-electron chi connectivity index (χ2n) is 6.53. The molecule has 2 aromatic carbocycles. The average molecular weight is 409 g/mol. The highest BCUT2D eigenvalue weighted by Crippen LogP contribution is 2.33. The number of piperazine rings is 1. The second kappa shape index (κ2) is 7.58. The molecule has 0 N–H and O–H groups in total. The Kier molecular flexibility index (Phi) is 5.16. The van der Waals surface area contributed by atoms with Crippen molar-refractivity contribution < 1.29 is 17.9 Å². The zero-order valence-electron chi connectivity index (χ0n) is 14.8.